The van der Waals surface area contributed by atoms with Gasteiger partial charge in [0.25, 0.3) is 5.91 Å². The summed E-state index contributed by atoms with van der Waals surface area (Å²) in [4.78, 5) is 12.0. The number of hydrogen-bond donors (Lipinski definition) is 2. The van der Waals surface area contributed by atoms with Crippen molar-refractivity contribution in [2.45, 2.75) is 13.0 Å². The molecule has 0 saturated heterocycles. The van der Waals surface area contributed by atoms with Crippen LogP contribution in [-0.4, -0.2) is 12.5 Å². The molecule has 0 heterocycles. The van der Waals surface area contributed by atoms with Crippen molar-refractivity contribution in [1.82, 2.24) is 0 Å². The largest absolute Gasteiger partial charge is 0.332 e. The summed E-state index contributed by atoms with van der Waals surface area (Å²) in [6.07, 6.45) is 0. The number of rotatable bonds is 5. The molecule has 0 radical (unpaired) electrons. The molecule has 0 spiro atoms. The van der Waals surface area contributed by atoms with Gasteiger partial charge in [-0.2, -0.15) is 0 Å². The third-order valence-electron chi connectivity index (χ3n) is 3.28. The van der Waals surface area contributed by atoms with Crippen molar-refractivity contribution in [3.63, 3.8) is 0 Å². The second kappa shape index (κ2) is 7.84. The lowest BCUT2D eigenvalue weighted by atomic mass is 10.1. The number of para-hydroxylation sites is 1. The lowest BCUT2D eigenvalue weighted by Gasteiger charge is -2.13. The van der Waals surface area contributed by atoms with E-state index in [2.05, 4.69) is 5.32 Å². The average Bonchev–Trinajstić information content (AvgIpc) is 2.49. The highest BCUT2D eigenvalue weighted by atomic mass is 35.5. The first-order valence-electron chi connectivity index (χ1n) is 6.80. The maximum absolute atomic E-state index is 12.0. The van der Waals surface area contributed by atoms with Crippen molar-refractivity contribution in [2.75, 3.05) is 11.9 Å². The zero-order valence-electron chi connectivity index (χ0n) is 11.9. The molecule has 3 nitrogen and oxygen atoms in total. The molecule has 0 saturated carbocycles. The molecule has 0 aliphatic carbocycles. The van der Waals surface area contributed by atoms with Gasteiger partial charge in [-0.05, 0) is 25.1 Å². The molecule has 1 amide bonds. The van der Waals surface area contributed by atoms with Crippen LogP contribution in [0.1, 0.15) is 18.5 Å². The van der Waals surface area contributed by atoms with Gasteiger partial charge < -0.3 is 10.6 Å². The number of carbonyl (C=O) groups excluding carboxylic acids is 1. The van der Waals surface area contributed by atoms with Gasteiger partial charge in [0.1, 0.15) is 6.04 Å². The number of hydrogen-bond acceptors (Lipinski definition) is 1. The third-order valence-corrected chi connectivity index (χ3v) is 4.25. The number of amides is 1. The normalized spacial score (nSPS) is 12.0. The number of quaternary nitrogens is 1. The Morgan fingerprint density at radius 3 is 2.27 bits per heavy atom. The van der Waals surface area contributed by atoms with Crippen LogP contribution in [0, 0.1) is 0 Å². The number of halogens is 3. The molecule has 0 bridgehead atoms. The highest BCUT2D eigenvalue weighted by Gasteiger charge is 2.15. The minimum atomic E-state index is -0.172. The Labute approximate surface area is 144 Å². The highest BCUT2D eigenvalue weighted by molar-refractivity contribution is 6.39. The average molecular weight is 359 g/mol. The Morgan fingerprint density at radius 2 is 1.64 bits per heavy atom. The molecule has 0 aliphatic rings. The van der Waals surface area contributed by atoms with Gasteiger partial charge in [-0.25, -0.2) is 0 Å². The Kier molecular flexibility index (Phi) is 6.09. The van der Waals surface area contributed by atoms with Gasteiger partial charge in [-0.3, -0.25) is 4.79 Å². The summed E-state index contributed by atoms with van der Waals surface area (Å²) in [5, 5.41) is 6.17. The van der Waals surface area contributed by atoms with Crippen LogP contribution in [0.4, 0.5) is 5.69 Å². The summed E-state index contributed by atoms with van der Waals surface area (Å²) in [5.41, 5.74) is 1.43. The standard InChI is InChI=1S/C16H15Cl3N2O/c1-10(11-5-2-3-6-12(11)17)20-9-15(22)21-16-13(18)7-4-8-14(16)19/h2-8,10,20H,9H2,1H3,(H,21,22)/p+1/t10-/m1/s1. The fourth-order valence-corrected chi connectivity index (χ4v) is 2.86. The predicted molar refractivity (Wildman–Crippen MR) is 91.8 cm³/mol. The van der Waals surface area contributed by atoms with Gasteiger partial charge in [0.05, 0.1) is 15.7 Å². The van der Waals surface area contributed by atoms with Crippen LogP contribution >= 0.6 is 34.8 Å². The predicted octanol–water partition coefficient (Wildman–Crippen LogP) is 3.91. The second-order valence-electron chi connectivity index (χ2n) is 4.89. The SMILES string of the molecule is C[C@@H]([NH2+]CC(=O)Nc1c(Cl)cccc1Cl)c1ccccc1Cl. The van der Waals surface area contributed by atoms with Crippen LogP contribution in [0.2, 0.25) is 15.1 Å². The van der Waals surface area contributed by atoms with E-state index in [4.69, 9.17) is 34.8 Å². The summed E-state index contributed by atoms with van der Waals surface area (Å²) in [6.45, 7) is 2.24. The van der Waals surface area contributed by atoms with E-state index in [1.54, 1.807) is 18.2 Å². The fraction of sp³-hybridized carbons (Fsp3) is 0.188. The molecular weight excluding hydrogens is 343 g/mol. The third kappa shape index (κ3) is 4.37. The lowest BCUT2D eigenvalue weighted by Crippen LogP contribution is -2.86. The van der Waals surface area contributed by atoms with Crippen LogP contribution in [0.25, 0.3) is 0 Å². The molecule has 0 unspecified atom stereocenters. The number of anilines is 1. The monoisotopic (exact) mass is 357 g/mol. The van der Waals surface area contributed by atoms with Crippen molar-refractivity contribution < 1.29 is 10.1 Å². The summed E-state index contributed by atoms with van der Waals surface area (Å²) in [7, 11) is 0. The van der Waals surface area contributed by atoms with Gasteiger partial charge in [0.15, 0.2) is 6.54 Å². The minimum absolute atomic E-state index is 0.0705. The number of nitrogens with one attached hydrogen (secondary N) is 1. The Balaban J connectivity index is 1.95. The molecule has 1 atom stereocenters. The molecule has 3 N–H and O–H groups in total. The van der Waals surface area contributed by atoms with Crippen LogP contribution in [-0.2, 0) is 4.79 Å². The first-order chi connectivity index (χ1) is 10.5. The van der Waals surface area contributed by atoms with Gasteiger partial charge in [0.2, 0.25) is 0 Å². The minimum Gasteiger partial charge on any atom is -0.332 e. The Morgan fingerprint density at radius 1 is 1.05 bits per heavy atom. The molecule has 22 heavy (non-hydrogen) atoms. The van der Waals surface area contributed by atoms with Crippen LogP contribution in [0.5, 0.6) is 0 Å². The maximum Gasteiger partial charge on any atom is 0.279 e. The molecule has 2 aromatic carbocycles. The first kappa shape index (κ1) is 17.1. The quantitative estimate of drug-likeness (QED) is 0.836. The number of benzene rings is 2. The second-order valence-corrected chi connectivity index (χ2v) is 6.12. The van der Waals surface area contributed by atoms with Gasteiger partial charge in [-0.1, -0.05) is 59.1 Å². The molecule has 0 aliphatic heterocycles. The zero-order valence-corrected chi connectivity index (χ0v) is 14.2. The van der Waals surface area contributed by atoms with Crippen molar-refractivity contribution in [2.24, 2.45) is 0 Å². The maximum atomic E-state index is 12.0. The smallest absolute Gasteiger partial charge is 0.279 e. The summed E-state index contributed by atoms with van der Waals surface area (Å²) >= 11 is 18.2. The first-order valence-corrected chi connectivity index (χ1v) is 7.94. The summed E-state index contributed by atoms with van der Waals surface area (Å²) < 4.78 is 0. The molecule has 2 rings (SSSR count). The van der Waals surface area contributed by atoms with Crippen LogP contribution in [0.15, 0.2) is 42.5 Å². The van der Waals surface area contributed by atoms with E-state index < -0.39 is 0 Å². The number of nitrogens with two attached hydrogens (primary N) is 1. The molecule has 6 heteroatoms. The van der Waals surface area contributed by atoms with Crippen molar-refractivity contribution in [1.29, 1.82) is 0 Å². The van der Waals surface area contributed by atoms with Crippen LogP contribution < -0.4 is 10.6 Å². The van der Waals surface area contributed by atoms with Gasteiger partial charge in [-0.15, -0.1) is 0 Å². The van der Waals surface area contributed by atoms with Crippen molar-refractivity contribution >= 4 is 46.4 Å². The lowest BCUT2D eigenvalue weighted by molar-refractivity contribution is -0.682. The van der Waals surface area contributed by atoms with Gasteiger partial charge in [0, 0.05) is 10.6 Å². The van der Waals surface area contributed by atoms with E-state index in [1.165, 1.54) is 0 Å². The molecule has 0 fully saturated rings. The van der Waals surface area contributed by atoms with Crippen LogP contribution in [0.3, 0.4) is 0 Å². The van der Waals surface area contributed by atoms with E-state index >= 15 is 0 Å². The van der Waals surface area contributed by atoms with E-state index in [0.29, 0.717) is 20.8 Å². The molecule has 0 aromatic heterocycles. The van der Waals surface area contributed by atoms with Crippen molar-refractivity contribution in [3.8, 4) is 0 Å². The Hall–Kier alpha value is -1.26. The Bertz CT molecular complexity index is 656. The molecule has 2 aromatic rings. The van der Waals surface area contributed by atoms with E-state index in [9.17, 15) is 4.79 Å². The van der Waals surface area contributed by atoms with E-state index in [0.717, 1.165) is 5.56 Å². The topological polar surface area (TPSA) is 45.7 Å². The van der Waals surface area contributed by atoms with Gasteiger partial charge >= 0.3 is 0 Å². The highest BCUT2D eigenvalue weighted by Crippen LogP contribution is 2.29. The molecule has 116 valence electrons. The van der Waals surface area contributed by atoms with E-state index in [-0.39, 0.29) is 18.5 Å². The zero-order chi connectivity index (χ0) is 16.1. The fourth-order valence-electron chi connectivity index (χ4n) is 2.06. The van der Waals surface area contributed by atoms with Crippen molar-refractivity contribution in [3.05, 3.63) is 63.1 Å². The molecular formula is C16H16Cl3N2O+. The number of carbonyl (C=O) groups is 1. The van der Waals surface area contributed by atoms with E-state index in [1.807, 2.05) is 36.5 Å². The summed E-state index contributed by atoms with van der Waals surface area (Å²) in [5.74, 6) is -0.172. The summed E-state index contributed by atoms with van der Waals surface area (Å²) in [6, 6.07) is 12.8.